The van der Waals surface area contributed by atoms with Gasteiger partial charge in [0.1, 0.15) is 5.75 Å². The maximum atomic E-state index is 9.62. The van der Waals surface area contributed by atoms with E-state index in [0.29, 0.717) is 5.92 Å². The summed E-state index contributed by atoms with van der Waals surface area (Å²) < 4.78 is 0. The molecule has 2 nitrogen and oxygen atoms in total. The van der Waals surface area contributed by atoms with E-state index in [0.717, 1.165) is 23.2 Å². The van der Waals surface area contributed by atoms with Gasteiger partial charge in [-0.15, -0.1) is 0 Å². The molecule has 1 aliphatic rings. The molecule has 1 N–H and O–H groups in total. The number of piperidine rings is 1. The molecule has 1 heterocycles. The molecular formula is C21H25NO. The van der Waals surface area contributed by atoms with Crippen molar-refractivity contribution in [2.75, 3.05) is 19.6 Å². The van der Waals surface area contributed by atoms with Gasteiger partial charge in [-0.25, -0.2) is 0 Å². The van der Waals surface area contributed by atoms with Crippen LogP contribution >= 0.6 is 0 Å². The van der Waals surface area contributed by atoms with Crippen LogP contribution in [0.5, 0.6) is 5.75 Å². The SMILES string of the molecule is C=C(c1ccc(C2CCN(CC)CC2)cc1)c1cccc(O)c1. The summed E-state index contributed by atoms with van der Waals surface area (Å²) in [5, 5.41) is 9.62. The van der Waals surface area contributed by atoms with Crippen molar-refractivity contribution in [1.29, 1.82) is 0 Å². The first-order valence-electron chi connectivity index (χ1n) is 8.48. The quantitative estimate of drug-likeness (QED) is 0.888. The predicted molar refractivity (Wildman–Crippen MR) is 96.8 cm³/mol. The zero-order chi connectivity index (χ0) is 16.2. The molecule has 0 amide bonds. The molecular weight excluding hydrogens is 282 g/mol. The van der Waals surface area contributed by atoms with Crippen LogP contribution in [0.15, 0.2) is 55.1 Å². The summed E-state index contributed by atoms with van der Waals surface area (Å²) in [6.45, 7) is 10.00. The summed E-state index contributed by atoms with van der Waals surface area (Å²) in [6.07, 6.45) is 2.50. The van der Waals surface area contributed by atoms with Gasteiger partial charge in [0.05, 0.1) is 0 Å². The molecule has 0 aliphatic carbocycles. The van der Waals surface area contributed by atoms with E-state index in [1.165, 1.54) is 31.5 Å². The Morgan fingerprint density at radius 3 is 2.39 bits per heavy atom. The minimum absolute atomic E-state index is 0.281. The molecule has 0 atom stereocenters. The number of nitrogens with zero attached hydrogens (tertiary/aromatic N) is 1. The molecule has 0 unspecified atom stereocenters. The summed E-state index contributed by atoms with van der Waals surface area (Å²) in [4.78, 5) is 2.52. The average Bonchev–Trinajstić information content (AvgIpc) is 2.61. The van der Waals surface area contributed by atoms with Crippen LogP contribution in [0.3, 0.4) is 0 Å². The van der Waals surface area contributed by atoms with Crippen LogP contribution in [-0.2, 0) is 0 Å². The minimum atomic E-state index is 0.281. The van der Waals surface area contributed by atoms with Gasteiger partial charge in [0, 0.05) is 0 Å². The summed E-state index contributed by atoms with van der Waals surface area (Å²) in [5.41, 5.74) is 4.47. The summed E-state index contributed by atoms with van der Waals surface area (Å²) in [5.74, 6) is 0.962. The third-order valence-corrected chi connectivity index (χ3v) is 4.96. The van der Waals surface area contributed by atoms with Crippen LogP contribution in [0.2, 0.25) is 0 Å². The largest absolute Gasteiger partial charge is 0.508 e. The fourth-order valence-corrected chi connectivity index (χ4v) is 3.40. The first-order chi connectivity index (χ1) is 11.2. The number of phenolic OH excluding ortho intramolecular Hbond substituents is 1. The highest BCUT2D eigenvalue weighted by Crippen LogP contribution is 2.30. The zero-order valence-corrected chi connectivity index (χ0v) is 13.8. The number of likely N-dealkylation sites (tertiary alicyclic amines) is 1. The van der Waals surface area contributed by atoms with Crippen molar-refractivity contribution in [1.82, 2.24) is 4.90 Å². The van der Waals surface area contributed by atoms with Crippen molar-refractivity contribution in [3.63, 3.8) is 0 Å². The van der Waals surface area contributed by atoms with Crippen LogP contribution in [0.1, 0.15) is 42.4 Å². The normalized spacial score (nSPS) is 16.4. The van der Waals surface area contributed by atoms with Crippen LogP contribution in [0.25, 0.3) is 5.57 Å². The Balaban J connectivity index is 1.71. The highest BCUT2D eigenvalue weighted by Gasteiger charge is 2.19. The highest BCUT2D eigenvalue weighted by molar-refractivity contribution is 5.78. The summed E-state index contributed by atoms with van der Waals surface area (Å²) >= 11 is 0. The smallest absolute Gasteiger partial charge is 0.116 e. The molecule has 0 bridgehead atoms. The van der Waals surface area contributed by atoms with Gasteiger partial charge >= 0.3 is 0 Å². The first-order valence-corrected chi connectivity index (χ1v) is 8.48. The van der Waals surface area contributed by atoms with E-state index in [1.807, 2.05) is 12.1 Å². The van der Waals surface area contributed by atoms with E-state index in [4.69, 9.17) is 0 Å². The lowest BCUT2D eigenvalue weighted by atomic mass is 9.88. The summed E-state index contributed by atoms with van der Waals surface area (Å²) in [7, 11) is 0. The third-order valence-electron chi connectivity index (χ3n) is 4.96. The fraction of sp³-hybridized carbons (Fsp3) is 0.333. The molecule has 0 radical (unpaired) electrons. The Kier molecular flexibility index (Phi) is 4.82. The van der Waals surface area contributed by atoms with Gasteiger partial charge in [-0.3, -0.25) is 0 Å². The number of hydrogen-bond acceptors (Lipinski definition) is 2. The van der Waals surface area contributed by atoms with Crippen molar-refractivity contribution in [2.24, 2.45) is 0 Å². The number of aromatic hydroxyl groups is 1. The van der Waals surface area contributed by atoms with Gasteiger partial charge in [-0.05, 0) is 72.8 Å². The Bertz CT molecular complexity index is 666. The fourth-order valence-electron chi connectivity index (χ4n) is 3.40. The Labute approximate surface area is 139 Å². The Hall–Kier alpha value is -2.06. The van der Waals surface area contributed by atoms with Crippen molar-refractivity contribution in [2.45, 2.75) is 25.7 Å². The molecule has 3 rings (SSSR count). The molecule has 2 aromatic rings. The Morgan fingerprint density at radius 2 is 1.78 bits per heavy atom. The molecule has 120 valence electrons. The molecule has 2 aromatic carbocycles. The van der Waals surface area contributed by atoms with Crippen LogP contribution in [0, 0.1) is 0 Å². The minimum Gasteiger partial charge on any atom is -0.508 e. The van der Waals surface area contributed by atoms with Crippen molar-refractivity contribution in [3.05, 3.63) is 71.8 Å². The lowest BCUT2D eigenvalue weighted by molar-refractivity contribution is 0.222. The molecule has 0 spiro atoms. The maximum Gasteiger partial charge on any atom is 0.116 e. The molecule has 1 aliphatic heterocycles. The van der Waals surface area contributed by atoms with Crippen molar-refractivity contribution >= 4 is 5.57 Å². The second-order valence-electron chi connectivity index (χ2n) is 6.36. The van der Waals surface area contributed by atoms with Crippen LogP contribution in [0.4, 0.5) is 0 Å². The van der Waals surface area contributed by atoms with Crippen LogP contribution < -0.4 is 0 Å². The predicted octanol–water partition coefficient (Wildman–Crippen LogP) is 4.65. The molecule has 1 fully saturated rings. The second kappa shape index (κ2) is 7.01. The van der Waals surface area contributed by atoms with Crippen molar-refractivity contribution < 1.29 is 5.11 Å². The molecule has 0 saturated carbocycles. The van der Waals surface area contributed by atoms with Gasteiger partial charge in [-0.1, -0.05) is 49.9 Å². The number of rotatable bonds is 4. The molecule has 0 aromatic heterocycles. The van der Waals surface area contributed by atoms with Gasteiger partial charge in [0.2, 0.25) is 0 Å². The maximum absolute atomic E-state index is 9.62. The number of hydrogen-bond donors (Lipinski definition) is 1. The highest BCUT2D eigenvalue weighted by atomic mass is 16.3. The standard InChI is InChI=1S/C21H25NO/c1-3-22-13-11-19(12-14-22)18-9-7-17(8-10-18)16(2)20-5-4-6-21(23)15-20/h4-10,15,19,23H,2-3,11-14H2,1H3. The van der Waals surface area contributed by atoms with E-state index in [9.17, 15) is 5.11 Å². The second-order valence-corrected chi connectivity index (χ2v) is 6.36. The van der Waals surface area contributed by atoms with E-state index in [1.54, 1.807) is 12.1 Å². The van der Waals surface area contributed by atoms with E-state index >= 15 is 0 Å². The van der Waals surface area contributed by atoms with Gasteiger partial charge in [-0.2, -0.15) is 0 Å². The van der Waals surface area contributed by atoms with Crippen molar-refractivity contribution in [3.8, 4) is 5.75 Å². The van der Waals surface area contributed by atoms with E-state index < -0.39 is 0 Å². The molecule has 23 heavy (non-hydrogen) atoms. The number of phenols is 1. The lowest BCUT2D eigenvalue weighted by Crippen LogP contribution is -2.32. The Morgan fingerprint density at radius 1 is 1.09 bits per heavy atom. The van der Waals surface area contributed by atoms with Crippen LogP contribution in [-0.4, -0.2) is 29.6 Å². The lowest BCUT2D eigenvalue weighted by Gasteiger charge is -2.31. The topological polar surface area (TPSA) is 23.5 Å². The average molecular weight is 307 g/mol. The van der Waals surface area contributed by atoms with E-state index in [-0.39, 0.29) is 5.75 Å². The molecule has 1 saturated heterocycles. The first kappa shape index (κ1) is 15.8. The van der Waals surface area contributed by atoms with Gasteiger partial charge < -0.3 is 10.0 Å². The van der Waals surface area contributed by atoms with E-state index in [2.05, 4.69) is 42.7 Å². The zero-order valence-electron chi connectivity index (χ0n) is 13.8. The summed E-state index contributed by atoms with van der Waals surface area (Å²) in [6, 6.07) is 16.1. The van der Waals surface area contributed by atoms with Gasteiger partial charge in [0.15, 0.2) is 0 Å². The van der Waals surface area contributed by atoms with Gasteiger partial charge in [0.25, 0.3) is 0 Å². The monoisotopic (exact) mass is 307 g/mol. The number of benzene rings is 2. The molecule has 2 heteroatoms. The third kappa shape index (κ3) is 3.65.